The third-order valence-corrected chi connectivity index (χ3v) is 2.48. The Labute approximate surface area is 103 Å². The molecule has 0 aromatic carbocycles. The summed E-state index contributed by atoms with van der Waals surface area (Å²) in [6.07, 6.45) is 3.48. The van der Waals surface area contributed by atoms with Gasteiger partial charge in [-0.25, -0.2) is 0 Å². The first kappa shape index (κ1) is 15.4. The Morgan fingerprint density at radius 1 is 1.69 bits per heavy atom. The van der Waals surface area contributed by atoms with Crippen LogP contribution in [0.25, 0.3) is 0 Å². The zero-order valence-corrected chi connectivity index (χ0v) is 10.6. The Morgan fingerprint density at radius 2 is 2.44 bits per heavy atom. The fourth-order valence-electron chi connectivity index (χ4n) is 1.55. The van der Waals surface area contributed by atoms with Crippen LogP contribution < -0.4 is 5.32 Å². The summed E-state index contributed by atoms with van der Waals surface area (Å²) < 4.78 is 5.39. The predicted octanol–water partition coefficient (Wildman–Crippen LogP) is 0.821. The average Bonchev–Trinajstić information content (AvgIpc) is 2.29. The molecule has 0 radical (unpaired) electrons. The number of ether oxygens (including phenoxy) is 1. The molecule has 1 fully saturated rings. The van der Waals surface area contributed by atoms with Crippen LogP contribution in [-0.2, 0) is 9.53 Å². The lowest BCUT2D eigenvalue weighted by atomic mass is 10.2. The van der Waals surface area contributed by atoms with E-state index in [1.807, 2.05) is 13.1 Å². The minimum Gasteiger partial charge on any atom is -0.366 e. The van der Waals surface area contributed by atoms with E-state index in [4.69, 9.17) is 4.74 Å². The summed E-state index contributed by atoms with van der Waals surface area (Å²) in [6.45, 7) is 6.51. The van der Waals surface area contributed by atoms with Gasteiger partial charge in [-0.05, 0) is 12.8 Å². The van der Waals surface area contributed by atoms with Gasteiger partial charge in [0, 0.05) is 26.7 Å². The molecule has 0 aliphatic carbocycles. The molecule has 0 spiro atoms. The highest BCUT2D eigenvalue weighted by Crippen LogP contribution is 2.02. The summed E-state index contributed by atoms with van der Waals surface area (Å²) in [7, 11) is 1.82. The zero-order valence-electron chi connectivity index (χ0n) is 9.78. The Kier molecular flexibility index (Phi) is 8.25. The number of nitrogens with zero attached hydrogens (tertiary/aromatic N) is 1. The molecule has 1 rings (SSSR count). The molecule has 4 nitrogen and oxygen atoms in total. The SMILES string of the molecule is C=CCCCN(C)C(=O)C1CNCCO1.Cl. The second kappa shape index (κ2) is 8.56. The maximum Gasteiger partial charge on any atom is 0.252 e. The molecule has 5 heteroatoms. The Hall–Kier alpha value is -0.580. The van der Waals surface area contributed by atoms with Gasteiger partial charge in [-0.15, -0.1) is 19.0 Å². The molecule has 1 N–H and O–H groups in total. The Bertz CT molecular complexity index is 218. The van der Waals surface area contributed by atoms with Gasteiger partial charge >= 0.3 is 0 Å². The number of carbonyl (C=O) groups excluding carboxylic acids is 1. The topological polar surface area (TPSA) is 41.6 Å². The summed E-state index contributed by atoms with van der Waals surface area (Å²) in [5.41, 5.74) is 0. The number of allylic oxidation sites excluding steroid dienone is 1. The van der Waals surface area contributed by atoms with Crippen molar-refractivity contribution >= 4 is 18.3 Å². The first-order valence-corrected chi connectivity index (χ1v) is 5.44. The number of carbonyl (C=O) groups is 1. The summed E-state index contributed by atoms with van der Waals surface area (Å²) in [5.74, 6) is 0.0752. The van der Waals surface area contributed by atoms with Crippen molar-refractivity contribution in [1.82, 2.24) is 10.2 Å². The third-order valence-electron chi connectivity index (χ3n) is 2.48. The first-order valence-electron chi connectivity index (χ1n) is 5.44. The monoisotopic (exact) mass is 248 g/mol. The number of amides is 1. The fourth-order valence-corrected chi connectivity index (χ4v) is 1.55. The van der Waals surface area contributed by atoms with Gasteiger partial charge in [0.05, 0.1) is 6.61 Å². The second-order valence-corrected chi connectivity index (χ2v) is 3.75. The molecule has 1 aliphatic heterocycles. The van der Waals surface area contributed by atoms with Crippen molar-refractivity contribution in [3.63, 3.8) is 0 Å². The van der Waals surface area contributed by atoms with E-state index in [9.17, 15) is 4.79 Å². The summed E-state index contributed by atoms with van der Waals surface area (Å²) >= 11 is 0. The number of hydrogen-bond acceptors (Lipinski definition) is 3. The zero-order chi connectivity index (χ0) is 11.1. The molecule has 0 bridgehead atoms. The fraction of sp³-hybridized carbons (Fsp3) is 0.727. The van der Waals surface area contributed by atoms with E-state index in [0.717, 1.165) is 25.9 Å². The number of morpholine rings is 1. The van der Waals surface area contributed by atoms with Crippen LogP contribution in [0.3, 0.4) is 0 Å². The highest BCUT2D eigenvalue weighted by atomic mass is 35.5. The first-order chi connectivity index (χ1) is 7.25. The molecule has 16 heavy (non-hydrogen) atoms. The van der Waals surface area contributed by atoms with Crippen molar-refractivity contribution in [2.45, 2.75) is 18.9 Å². The standard InChI is InChI=1S/C11H20N2O2.ClH/c1-3-4-5-7-13(2)11(14)10-9-12-6-8-15-10;/h3,10,12H,1,4-9H2,2H3;1H. The Balaban J connectivity index is 0.00000225. The van der Waals surface area contributed by atoms with Crippen molar-refractivity contribution in [2.24, 2.45) is 0 Å². The molecule has 0 aromatic heterocycles. The van der Waals surface area contributed by atoms with Gasteiger partial charge in [-0.2, -0.15) is 0 Å². The van der Waals surface area contributed by atoms with Crippen LogP contribution in [0, 0.1) is 0 Å². The Morgan fingerprint density at radius 3 is 3.00 bits per heavy atom. The maximum absolute atomic E-state index is 11.8. The van der Waals surface area contributed by atoms with Crippen molar-refractivity contribution < 1.29 is 9.53 Å². The third kappa shape index (κ3) is 4.96. The van der Waals surface area contributed by atoms with E-state index in [0.29, 0.717) is 13.2 Å². The van der Waals surface area contributed by atoms with E-state index < -0.39 is 0 Å². The minimum atomic E-state index is -0.299. The van der Waals surface area contributed by atoms with Crippen molar-refractivity contribution in [3.8, 4) is 0 Å². The number of nitrogens with one attached hydrogen (secondary N) is 1. The highest BCUT2D eigenvalue weighted by molar-refractivity contribution is 5.85. The second-order valence-electron chi connectivity index (χ2n) is 3.75. The number of hydrogen-bond donors (Lipinski definition) is 1. The smallest absolute Gasteiger partial charge is 0.252 e. The van der Waals surface area contributed by atoms with Gasteiger partial charge in [0.15, 0.2) is 0 Å². The quantitative estimate of drug-likeness (QED) is 0.579. The molecule has 1 heterocycles. The molecule has 1 amide bonds. The van der Waals surface area contributed by atoms with Crippen LogP contribution in [-0.4, -0.2) is 50.2 Å². The van der Waals surface area contributed by atoms with Gasteiger partial charge in [-0.1, -0.05) is 6.08 Å². The summed E-state index contributed by atoms with van der Waals surface area (Å²) in [6, 6.07) is 0. The summed E-state index contributed by atoms with van der Waals surface area (Å²) in [4.78, 5) is 13.6. The molecule has 0 aromatic rings. The van der Waals surface area contributed by atoms with Crippen LogP contribution in [0.15, 0.2) is 12.7 Å². The van der Waals surface area contributed by atoms with E-state index in [-0.39, 0.29) is 24.4 Å². The lowest BCUT2D eigenvalue weighted by Gasteiger charge is -2.27. The molecular formula is C11H21ClN2O2. The van der Waals surface area contributed by atoms with Gasteiger partial charge < -0.3 is 15.0 Å². The number of rotatable bonds is 5. The lowest BCUT2D eigenvalue weighted by molar-refractivity contribution is -0.143. The highest BCUT2D eigenvalue weighted by Gasteiger charge is 2.24. The number of halogens is 1. The van der Waals surface area contributed by atoms with Crippen LogP contribution in [0.4, 0.5) is 0 Å². The molecular weight excluding hydrogens is 228 g/mol. The lowest BCUT2D eigenvalue weighted by Crippen LogP contribution is -2.48. The van der Waals surface area contributed by atoms with E-state index in [1.54, 1.807) is 4.90 Å². The number of unbranched alkanes of at least 4 members (excludes halogenated alkanes) is 1. The molecule has 1 saturated heterocycles. The van der Waals surface area contributed by atoms with Gasteiger partial charge in [0.1, 0.15) is 6.10 Å². The van der Waals surface area contributed by atoms with Crippen molar-refractivity contribution in [3.05, 3.63) is 12.7 Å². The van der Waals surface area contributed by atoms with E-state index in [1.165, 1.54) is 0 Å². The normalized spacial score (nSPS) is 19.7. The van der Waals surface area contributed by atoms with Gasteiger partial charge in [0.25, 0.3) is 5.91 Å². The van der Waals surface area contributed by atoms with Crippen LogP contribution >= 0.6 is 12.4 Å². The van der Waals surface area contributed by atoms with E-state index in [2.05, 4.69) is 11.9 Å². The van der Waals surface area contributed by atoms with Crippen LogP contribution in [0.1, 0.15) is 12.8 Å². The van der Waals surface area contributed by atoms with Crippen molar-refractivity contribution in [1.29, 1.82) is 0 Å². The minimum absolute atomic E-state index is 0. The molecule has 94 valence electrons. The van der Waals surface area contributed by atoms with Gasteiger partial charge in [-0.3, -0.25) is 4.79 Å². The molecule has 1 atom stereocenters. The van der Waals surface area contributed by atoms with E-state index >= 15 is 0 Å². The molecule has 0 saturated carbocycles. The summed E-state index contributed by atoms with van der Waals surface area (Å²) in [5, 5.41) is 3.15. The maximum atomic E-state index is 11.8. The molecule has 1 aliphatic rings. The predicted molar refractivity (Wildman–Crippen MR) is 66.9 cm³/mol. The molecule has 1 unspecified atom stereocenters. The largest absolute Gasteiger partial charge is 0.366 e. The van der Waals surface area contributed by atoms with Gasteiger partial charge in [0.2, 0.25) is 0 Å². The average molecular weight is 249 g/mol. The van der Waals surface area contributed by atoms with Crippen LogP contribution in [0.2, 0.25) is 0 Å². The number of likely N-dealkylation sites (N-methyl/N-ethyl adjacent to an activating group) is 1. The van der Waals surface area contributed by atoms with Crippen molar-refractivity contribution in [2.75, 3.05) is 33.3 Å². The van der Waals surface area contributed by atoms with Crippen LogP contribution in [0.5, 0.6) is 0 Å².